The van der Waals surface area contributed by atoms with Crippen molar-refractivity contribution in [3.8, 4) is 0 Å². The number of hydrogen-bond acceptors (Lipinski definition) is 5. The van der Waals surface area contributed by atoms with Crippen molar-refractivity contribution in [2.24, 2.45) is 0 Å². The zero-order valence-electron chi connectivity index (χ0n) is 5.13. The largest absolute Gasteiger partial charge is 0.219 e. The predicted octanol–water partition coefficient (Wildman–Crippen LogP) is -0.266. The summed E-state index contributed by atoms with van der Waals surface area (Å²) in [5.74, 6) is 0. The minimum absolute atomic E-state index is 0.623. The van der Waals surface area contributed by atoms with Crippen molar-refractivity contribution in [3.05, 3.63) is 12.4 Å². The summed E-state index contributed by atoms with van der Waals surface area (Å²) in [6, 6.07) is 0. The van der Waals surface area contributed by atoms with Crippen LogP contribution in [0.25, 0.3) is 0 Å². The van der Waals surface area contributed by atoms with Crippen LogP contribution in [-0.2, 0) is 8.87 Å². The van der Waals surface area contributed by atoms with Crippen LogP contribution < -0.4 is 0 Å². The summed E-state index contributed by atoms with van der Waals surface area (Å²) in [5, 5.41) is 6.89. The normalized spacial score (nSPS) is 11.7. The molecular formula is C3H5N3O2S2. The van der Waals surface area contributed by atoms with Gasteiger partial charge in [0.15, 0.2) is 0 Å². The van der Waals surface area contributed by atoms with Gasteiger partial charge in [-0.1, -0.05) is 5.21 Å². The van der Waals surface area contributed by atoms with E-state index >= 15 is 0 Å². The van der Waals surface area contributed by atoms with Gasteiger partial charge in [-0.15, -0.1) is 5.10 Å². The summed E-state index contributed by atoms with van der Waals surface area (Å²) in [6.07, 6.45) is 3.99. The highest BCUT2D eigenvalue weighted by Crippen LogP contribution is 2.09. The topological polar surface area (TPSA) is 64.8 Å². The Hall–Kier alpha value is -0.560. The first-order valence-corrected chi connectivity index (χ1v) is 5.52. The second kappa shape index (κ2) is 2.59. The summed E-state index contributed by atoms with van der Waals surface area (Å²) in [6.45, 7) is 0. The Kier molecular flexibility index (Phi) is 1.95. The first-order valence-electron chi connectivity index (χ1n) is 2.34. The van der Waals surface area contributed by atoms with Crippen molar-refractivity contribution in [3.63, 3.8) is 0 Å². The smallest absolute Gasteiger partial charge is 0.216 e. The number of hydrogen-bond donors (Lipinski definition) is 0. The van der Waals surface area contributed by atoms with Gasteiger partial charge in [-0.3, -0.25) is 0 Å². The molecule has 1 aromatic heterocycles. The van der Waals surface area contributed by atoms with Crippen molar-refractivity contribution in [2.45, 2.75) is 0 Å². The van der Waals surface area contributed by atoms with E-state index in [1.807, 2.05) is 0 Å². The quantitative estimate of drug-likeness (QED) is 0.585. The van der Waals surface area contributed by atoms with Crippen LogP contribution in [0.2, 0.25) is 0 Å². The molecule has 1 heterocycles. The average molecular weight is 179 g/mol. The molecule has 56 valence electrons. The Morgan fingerprint density at radius 3 is 2.70 bits per heavy atom. The molecule has 0 saturated carbocycles. The zero-order valence-corrected chi connectivity index (χ0v) is 6.76. The summed E-state index contributed by atoms with van der Waals surface area (Å²) in [5.41, 5.74) is 0. The molecule has 0 aliphatic heterocycles. The fraction of sp³-hybridized carbons (Fsp3) is 0.333. The lowest BCUT2D eigenvalue weighted by Crippen LogP contribution is -1.95. The average Bonchev–Trinajstić information content (AvgIpc) is 2.12. The lowest BCUT2D eigenvalue weighted by molar-refractivity contribution is 0.615. The zero-order chi connectivity index (χ0) is 7.61. The van der Waals surface area contributed by atoms with E-state index < -0.39 is 8.87 Å². The minimum Gasteiger partial charge on any atom is -0.216 e. The summed E-state index contributed by atoms with van der Waals surface area (Å²) >= 11 is 0. The molecule has 0 atom stereocenters. The molecule has 1 rings (SSSR count). The van der Waals surface area contributed by atoms with Gasteiger partial charge in [-0.05, 0) is 0 Å². The molecule has 7 heteroatoms. The molecule has 0 spiro atoms. The van der Waals surface area contributed by atoms with Gasteiger partial charge in [-0.2, -0.15) is 4.09 Å². The molecule has 0 unspecified atom stereocenters. The Morgan fingerprint density at radius 1 is 1.60 bits per heavy atom. The van der Waals surface area contributed by atoms with Crippen LogP contribution in [0, 0.1) is 0 Å². The molecule has 0 radical (unpaired) electrons. The third kappa shape index (κ3) is 2.36. The maximum atomic E-state index is 10.6. The Bertz CT molecular complexity index is 290. The molecule has 0 aliphatic carbocycles. The van der Waals surface area contributed by atoms with Crippen molar-refractivity contribution in [1.29, 1.82) is 0 Å². The van der Waals surface area contributed by atoms with Crippen molar-refractivity contribution < 1.29 is 8.42 Å². The molecule has 5 nitrogen and oxygen atoms in total. The minimum atomic E-state index is -3.07. The molecular weight excluding hydrogens is 174 g/mol. The molecule has 0 amide bonds. The van der Waals surface area contributed by atoms with E-state index in [0.29, 0.717) is 11.0 Å². The van der Waals surface area contributed by atoms with E-state index in [9.17, 15) is 8.42 Å². The van der Waals surface area contributed by atoms with Gasteiger partial charge in [-0.25, -0.2) is 8.42 Å². The van der Waals surface area contributed by atoms with E-state index in [4.69, 9.17) is 0 Å². The van der Waals surface area contributed by atoms with Gasteiger partial charge in [0.05, 0.1) is 18.6 Å². The third-order valence-electron chi connectivity index (χ3n) is 0.612. The highest BCUT2D eigenvalue weighted by Gasteiger charge is 2.04. The first-order chi connectivity index (χ1) is 4.58. The molecule has 0 N–H and O–H groups in total. The summed E-state index contributed by atoms with van der Waals surface area (Å²) in [7, 11) is -2.45. The molecule has 1 aromatic rings. The van der Waals surface area contributed by atoms with Crippen LogP contribution in [0.15, 0.2) is 12.4 Å². The molecule has 0 aliphatic rings. The van der Waals surface area contributed by atoms with Crippen LogP contribution in [0.5, 0.6) is 0 Å². The lowest BCUT2D eigenvalue weighted by Gasteiger charge is -1.92. The highest BCUT2D eigenvalue weighted by atomic mass is 33.1. The Morgan fingerprint density at radius 2 is 2.30 bits per heavy atom. The van der Waals surface area contributed by atoms with Gasteiger partial charge in [0.1, 0.15) is 11.0 Å². The number of aromatic nitrogens is 3. The number of nitrogens with zero attached hydrogens (tertiary/aromatic N) is 3. The van der Waals surface area contributed by atoms with E-state index in [1.54, 1.807) is 0 Å². The van der Waals surface area contributed by atoms with Crippen LogP contribution in [-0.4, -0.2) is 29.1 Å². The molecule has 10 heavy (non-hydrogen) atoms. The second-order valence-corrected chi connectivity index (χ2v) is 5.78. The van der Waals surface area contributed by atoms with E-state index in [0.717, 1.165) is 6.26 Å². The van der Waals surface area contributed by atoms with Crippen LogP contribution in [0.1, 0.15) is 0 Å². The molecule has 0 aromatic carbocycles. The Balaban J connectivity index is 2.75. The van der Waals surface area contributed by atoms with E-state index in [-0.39, 0.29) is 0 Å². The van der Waals surface area contributed by atoms with Crippen LogP contribution in [0.4, 0.5) is 0 Å². The third-order valence-corrected chi connectivity index (χ3v) is 2.50. The van der Waals surface area contributed by atoms with Crippen molar-refractivity contribution in [1.82, 2.24) is 14.4 Å². The standard InChI is InChI=1S/C3H5N3O2S2/c1-10(7,8)9-6-3-2-4-5-6/h2-3H,1H3. The summed E-state index contributed by atoms with van der Waals surface area (Å²) in [4.78, 5) is 0. The lowest BCUT2D eigenvalue weighted by atomic mass is 11.0. The van der Waals surface area contributed by atoms with Gasteiger partial charge in [0.2, 0.25) is 8.87 Å². The predicted molar refractivity (Wildman–Crippen MR) is 37.9 cm³/mol. The van der Waals surface area contributed by atoms with E-state index in [1.165, 1.54) is 16.5 Å². The molecule has 0 fully saturated rings. The van der Waals surface area contributed by atoms with Gasteiger partial charge < -0.3 is 0 Å². The monoisotopic (exact) mass is 179 g/mol. The number of rotatable bonds is 2. The van der Waals surface area contributed by atoms with Gasteiger partial charge >= 0.3 is 0 Å². The first kappa shape index (κ1) is 7.55. The van der Waals surface area contributed by atoms with Crippen LogP contribution in [0.3, 0.4) is 0 Å². The molecule has 0 bridgehead atoms. The molecule has 0 saturated heterocycles. The van der Waals surface area contributed by atoms with Gasteiger partial charge in [0, 0.05) is 0 Å². The fourth-order valence-corrected chi connectivity index (χ4v) is 1.90. The fourth-order valence-electron chi connectivity index (χ4n) is 0.376. The second-order valence-electron chi connectivity index (χ2n) is 1.58. The Labute approximate surface area is 61.9 Å². The van der Waals surface area contributed by atoms with E-state index in [2.05, 4.69) is 10.3 Å². The van der Waals surface area contributed by atoms with Gasteiger partial charge in [0.25, 0.3) is 0 Å². The highest BCUT2D eigenvalue weighted by molar-refractivity contribution is 8.71. The maximum Gasteiger partial charge on any atom is 0.219 e. The maximum absolute atomic E-state index is 10.6. The van der Waals surface area contributed by atoms with Crippen molar-refractivity contribution in [2.75, 3.05) is 6.26 Å². The summed E-state index contributed by atoms with van der Waals surface area (Å²) < 4.78 is 22.3. The van der Waals surface area contributed by atoms with Crippen LogP contribution >= 0.6 is 11.0 Å². The SMILES string of the molecule is CS(=O)(=O)Sn1ccnn1. The van der Waals surface area contributed by atoms with Crippen molar-refractivity contribution >= 4 is 19.8 Å².